The second-order valence-electron chi connectivity index (χ2n) is 8.48. The number of aliphatic hydroxyl groups is 1. The van der Waals surface area contributed by atoms with E-state index in [1.54, 1.807) is 24.8 Å². The molecule has 2 aliphatic heterocycles. The van der Waals surface area contributed by atoms with Gasteiger partial charge in [0.1, 0.15) is 11.6 Å². The number of benzene rings is 1. The highest BCUT2D eigenvalue weighted by Crippen LogP contribution is 2.23. The normalized spacial score (nSPS) is 21.0. The highest BCUT2D eigenvalue weighted by molar-refractivity contribution is 6.07. The molecule has 0 radical (unpaired) electrons. The van der Waals surface area contributed by atoms with Crippen molar-refractivity contribution in [2.75, 3.05) is 37.6 Å². The third-order valence-electron chi connectivity index (χ3n) is 5.52. The van der Waals surface area contributed by atoms with E-state index in [1.165, 1.54) is 6.92 Å². The first-order valence-electron chi connectivity index (χ1n) is 9.97. The molecule has 0 spiro atoms. The van der Waals surface area contributed by atoms with Gasteiger partial charge in [0.05, 0.1) is 17.8 Å². The third kappa shape index (κ3) is 4.09. The number of carbonyl (C=O) groups excluding carboxylic acids is 3. The summed E-state index contributed by atoms with van der Waals surface area (Å²) in [5.41, 5.74) is -1.56. The fourth-order valence-electron chi connectivity index (χ4n) is 3.88. The zero-order chi connectivity index (χ0) is 22.1. The Labute approximate surface area is 175 Å². The van der Waals surface area contributed by atoms with Gasteiger partial charge in [0, 0.05) is 26.2 Å². The Hall–Kier alpha value is -3.12. The lowest BCUT2D eigenvalue weighted by Crippen LogP contribution is -2.55. The molecule has 0 aliphatic carbocycles. The van der Waals surface area contributed by atoms with Gasteiger partial charge in [0.25, 0.3) is 11.8 Å². The van der Waals surface area contributed by atoms with Crippen LogP contribution in [-0.2, 0) is 9.59 Å². The largest absolute Gasteiger partial charge is 0.378 e. The number of para-hydroxylation sites is 1. The zero-order valence-corrected chi connectivity index (χ0v) is 17.5. The molecule has 9 heteroatoms. The standard InChI is InChI=1S/C21H27N5O4/c1-20(2)17(27)26(19(29)23-20)14-21(3,30)18(28)25-10-6-9-24(11-12-25)16-8-5-4-7-15(16)13-22/h4-5,7-8,30H,6,9-12,14H2,1-3H3,(H,23,29)/t21-/m1/s1. The van der Waals surface area contributed by atoms with Crippen LogP contribution in [0.5, 0.6) is 0 Å². The van der Waals surface area contributed by atoms with Crippen molar-refractivity contribution in [2.45, 2.75) is 38.3 Å². The van der Waals surface area contributed by atoms with Gasteiger partial charge in [-0.05, 0) is 39.3 Å². The molecule has 2 heterocycles. The van der Waals surface area contributed by atoms with Crippen molar-refractivity contribution in [3.8, 4) is 6.07 Å². The molecule has 0 unspecified atom stereocenters. The summed E-state index contributed by atoms with van der Waals surface area (Å²) < 4.78 is 0. The molecule has 160 valence electrons. The highest BCUT2D eigenvalue weighted by atomic mass is 16.3. The Kier molecular flexibility index (Phi) is 5.72. The fraction of sp³-hybridized carbons (Fsp3) is 0.524. The minimum absolute atomic E-state index is 0.361. The summed E-state index contributed by atoms with van der Waals surface area (Å²) in [5.74, 6) is -1.00. The second kappa shape index (κ2) is 7.95. The molecule has 4 amide bonds. The number of β-amino-alcohol motifs (C(OH)–C–C–N with tert-alkyl or cyclic N) is 1. The molecule has 1 aromatic carbocycles. The molecular weight excluding hydrogens is 386 g/mol. The van der Waals surface area contributed by atoms with Crippen molar-refractivity contribution >= 4 is 23.5 Å². The summed E-state index contributed by atoms with van der Waals surface area (Å²) in [7, 11) is 0. The summed E-state index contributed by atoms with van der Waals surface area (Å²) in [5, 5.41) is 22.7. The number of hydrogen-bond acceptors (Lipinski definition) is 6. The second-order valence-corrected chi connectivity index (χ2v) is 8.48. The van der Waals surface area contributed by atoms with Crippen LogP contribution in [0, 0.1) is 11.3 Å². The van der Waals surface area contributed by atoms with Gasteiger partial charge in [-0.25, -0.2) is 4.79 Å². The first-order valence-corrected chi connectivity index (χ1v) is 9.97. The molecular formula is C21H27N5O4. The fourth-order valence-corrected chi connectivity index (χ4v) is 3.88. The molecule has 1 aromatic rings. The monoisotopic (exact) mass is 413 g/mol. The maximum absolute atomic E-state index is 13.0. The van der Waals surface area contributed by atoms with Crippen LogP contribution in [-0.4, -0.2) is 76.6 Å². The smallest absolute Gasteiger partial charge is 0.325 e. The first kappa shape index (κ1) is 21.6. The van der Waals surface area contributed by atoms with E-state index in [0.29, 0.717) is 38.2 Å². The van der Waals surface area contributed by atoms with Crippen LogP contribution in [0.4, 0.5) is 10.5 Å². The number of urea groups is 1. The summed E-state index contributed by atoms with van der Waals surface area (Å²) >= 11 is 0. The maximum Gasteiger partial charge on any atom is 0.325 e. The van der Waals surface area contributed by atoms with Gasteiger partial charge in [0.2, 0.25) is 0 Å². The number of nitrogens with one attached hydrogen (secondary N) is 1. The number of carbonyl (C=O) groups is 3. The third-order valence-corrected chi connectivity index (χ3v) is 5.52. The van der Waals surface area contributed by atoms with E-state index in [1.807, 2.05) is 18.2 Å². The minimum atomic E-state index is -1.90. The van der Waals surface area contributed by atoms with E-state index in [9.17, 15) is 24.8 Å². The highest BCUT2D eigenvalue weighted by Gasteiger charge is 2.48. The van der Waals surface area contributed by atoms with Gasteiger partial charge >= 0.3 is 6.03 Å². The quantitative estimate of drug-likeness (QED) is 0.701. The van der Waals surface area contributed by atoms with Crippen LogP contribution < -0.4 is 10.2 Å². The van der Waals surface area contributed by atoms with Crippen molar-refractivity contribution in [1.82, 2.24) is 15.1 Å². The number of hydrogen-bond donors (Lipinski definition) is 2. The topological polar surface area (TPSA) is 117 Å². The van der Waals surface area contributed by atoms with Gasteiger partial charge in [-0.15, -0.1) is 0 Å². The van der Waals surface area contributed by atoms with Gasteiger partial charge < -0.3 is 20.2 Å². The summed E-state index contributed by atoms with van der Waals surface area (Å²) in [4.78, 5) is 42.1. The molecule has 2 N–H and O–H groups in total. The van der Waals surface area contributed by atoms with Crippen molar-refractivity contribution in [3.05, 3.63) is 29.8 Å². The number of anilines is 1. The van der Waals surface area contributed by atoms with E-state index < -0.39 is 35.5 Å². The molecule has 2 aliphatic rings. The van der Waals surface area contributed by atoms with Crippen LogP contribution in [0.3, 0.4) is 0 Å². The van der Waals surface area contributed by atoms with Crippen LogP contribution in [0.1, 0.15) is 32.8 Å². The average Bonchev–Trinajstić information content (AvgIpc) is 2.89. The summed E-state index contributed by atoms with van der Waals surface area (Å²) in [6.07, 6.45) is 0.664. The SMILES string of the molecule is CC1(C)NC(=O)N(C[C@@](C)(O)C(=O)N2CCCN(c3ccccc3C#N)CC2)C1=O. The van der Waals surface area contributed by atoms with Gasteiger partial charge in [-0.1, -0.05) is 12.1 Å². The van der Waals surface area contributed by atoms with Crippen LogP contribution >= 0.6 is 0 Å². The predicted octanol–water partition coefficient (Wildman–Crippen LogP) is 0.678. The van der Waals surface area contributed by atoms with E-state index in [4.69, 9.17) is 0 Å². The van der Waals surface area contributed by atoms with Crippen LogP contribution in [0.2, 0.25) is 0 Å². The predicted molar refractivity (Wildman–Crippen MR) is 110 cm³/mol. The molecule has 2 saturated heterocycles. The summed E-state index contributed by atoms with van der Waals surface area (Å²) in [6, 6.07) is 8.89. The molecule has 0 bridgehead atoms. The van der Waals surface area contributed by atoms with Gasteiger partial charge in [0.15, 0.2) is 5.60 Å². The van der Waals surface area contributed by atoms with E-state index in [0.717, 1.165) is 10.6 Å². The Morgan fingerprint density at radius 2 is 1.93 bits per heavy atom. The van der Waals surface area contributed by atoms with Gasteiger partial charge in [-0.2, -0.15) is 5.26 Å². The minimum Gasteiger partial charge on any atom is -0.378 e. The Balaban J connectivity index is 1.69. The molecule has 0 aromatic heterocycles. The van der Waals surface area contributed by atoms with Crippen LogP contribution in [0.25, 0.3) is 0 Å². The Morgan fingerprint density at radius 3 is 2.57 bits per heavy atom. The maximum atomic E-state index is 13.0. The van der Waals surface area contributed by atoms with Gasteiger partial charge in [-0.3, -0.25) is 14.5 Å². The average molecular weight is 413 g/mol. The molecule has 1 atom stereocenters. The molecule has 2 fully saturated rings. The van der Waals surface area contributed by atoms with E-state index in [-0.39, 0.29) is 0 Å². The van der Waals surface area contributed by atoms with Crippen LogP contribution in [0.15, 0.2) is 24.3 Å². The summed E-state index contributed by atoms with van der Waals surface area (Å²) in [6.45, 7) is 6.06. The van der Waals surface area contributed by atoms with Crippen molar-refractivity contribution in [3.63, 3.8) is 0 Å². The van der Waals surface area contributed by atoms with Crippen molar-refractivity contribution in [2.24, 2.45) is 0 Å². The van der Waals surface area contributed by atoms with E-state index >= 15 is 0 Å². The molecule has 3 rings (SSSR count). The van der Waals surface area contributed by atoms with E-state index in [2.05, 4.69) is 16.3 Å². The molecule has 9 nitrogen and oxygen atoms in total. The molecule has 0 saturated carbocycles. The van der Waals surface area contributed by atoms with Crippen molar-refractivity contribution in [1.29, 1.82) is 5.26 Å². The lowest BCUT2D eigenvalue weighted by Gasteiger charge is -2.32. The number of rotatable bonds is 4. The van der Waals surface area contributed by atoms with Crippen molar-refractivity contribution < 1.29 is 19.5 Å². The number of amides is 4. The molecule has 30 heavy (non-hydrogen) atoms. The number of nitrogens with zero attached hydrogens (tertiary/aromatic N) is 4. The lowest BCUT2D eigenvalue weighted by molar-refractivity contribution is -0.152. The number of nitriles is 1. The number of imide groups is 1. The first-order chi connectivity index (χ1) is 14.1. The Morgan fingerprint density at radius 1 is 1.23 bits per heavy atom. The lowest BCUT2D eigenvalue weighted by atomic mass is 10.0. The Bertz CT molecular complexity index is 905. The zero-order valence-electron chi connectivity index (χ0n) is 17.5.